The van der Waals surface area contributed by atoms with Crippen LogP contribution in [0.5, 0.6) is 6.01 Å². The van der Waals surface area contributed by atoms with E-state index in [-0.39, 0.29) is 40.4 Å². The Morgan fingerprint density at radius 2 is 1.93 bits per heavy atom. The van der Waals surface area contributed by atoms with Gasteiger partial charge >= 0.3 is 12.2 Å². The van der Waals surface area contributed by atoms with E-state index in [4.69, 9.17) is 22.1 Å². The molecule has 0 radical (unpaired) electrons. The molecule has 13 heteroatoms. The first kappa shape index (κ1) is 28.6. The van der Waals surface area contributed by atoms with Crippen LogP contribution < -0.4 is 15.4 Å². The van der Waals surface area contributed by atoms with Crippen LogP contribution in [0.25, 0.3) is 22.2 Å². The van der Waals surface area contributed by atoms with Gasteiger partial charge in [0, 0.05) is 42.5 Å². The fraction of sp³-hybridized carbons (Fsp3) is 0.519. The highest BCUT2D eigenvalue weighted by atomic mass is 35.5. The molecule has 2 aliphatic rings. The fourth-order valence-corrected chi connectivity index (χ4v) is 5.77. The van der Waals surface area contributed by atoms with Crippen LogP contribution in [-0.2, 0) is 6.18 Å². The Morgan fingerprint density at radius 3 is 2.55 bits per heavy atom. The van der Waals surface area contributed by atoms with E-state index < -0.39 is 39.4 Å². The van der Waals surface area contributed by atoms with E-state index in [2.05, 4.69) is 19.9 Å². The predicted molar refractivity (Wildman–Crippen MR) is 145 cm³/mol. The van der Waals surface area contributed by atoms with E-state index >= 15 is 4.39 Å². The first-order valence-corrected chi connectivity index (χ1v) is 13.3. The standard InChI is InChI=1S/C27H31ClF4N6O2/c1-25(39)5-4-8-38(12-25)23-17-11-34-21(16-9-15(33)10-18(28)19(16)27(30,31)32)20(29)22(17)35-24(36-23)40-14-26(6-7-26)13-37(2)3/h9-11,39H,4-8,12-14,33H2,1-3H3/t25-/m1/s1. The zero-order valence-corrected chi connectivity index (χ0v) is 23.2. The van der Waals surface area contributed by atoms with Gasteiger partial charge in [-0.05, 0) is 58.8 Å². The zero-order chi connectivity index (χ0) is 29.0. The molecule has 216 valence electrons. The Labute approximate surface area is 234 Å². The lowest BCUT2D eigenvalue weighted by atomic mass is 9.95. The molecule has 0 amide bonds. The molecule has 0 bridgehead atoms. The average molecular weight is 583 g/mol. The number of nitrogen functional groups attached to an aromatic ring is 1. The van der Waals surface area contributed by atoms with Crippen molar-refractivity contribution in [1.82, 2.24) is 19.9 Å². The summed E-state index contributed by atoms with van der Waals surface area (Å²) in [5.41, 5.74) is 1.94. The van der Waals surface area contributed by atoms with Gasteiger partial charge in [-0.2, -0.15) is 23.1 Å². The number of anilines is 2. The molecular weight excluding hydrogens is 552 g/mol. The van der Waals surface area contributed by atoms with Gasteiger partial charge in [-0.25, -0.2) is 4.39 Å². The summed E-state index contributed by atoms with van der Waals surface area (Å²) in [6, 6.07) is 1.85. The fourth-order valence-electron chi connectivity index (χ4n) is 5.43. The van der Waals surface area contributed by atoms with Gasteiger partial charge in [-0.15, -0.1) is 0 Å². The number of alkyl halides is 3. The van der Waals surface area contributed by atoms with Gasteiger partial charge in [0.15, 0.2) is 5.82 Å². The summed E-state index contributed by atoms with van der Waals surface area (Å²) >= 11 is 5.91. The molecule has 3 aromatic rings. The zero-order valence-electron chi connectivity index (χ0n) is 22.4. The van der Waals surface area contributed by atoms with E-state index in [1.54, 1.807) is 11.8 Å². The van der Waals surface area contributed by atoms with E-state index in [1.807, 2.05) is 14.1 Å². The molecule has 40 heavy (non-hydrogen) atoms. The highest BCUT2D eigenvalue weighted by Crippen LogP contribution is 2.47. The van der Waals surface area contributed by atoms with Gasteiger partial charge in [-0.3, -0.25) is 4.98 Å². The molecular formula is C27H31ClF4N6O2. The van der Waals surface area contributed by atoms with Crippen LogP contribution in [0.2, 0.25) is 5.02 Å². The molecule has 2 fully saturated rings. The van der Waals surface area contributed by atoms with Crippen LogP contribution in [-0.4, -0.2) is 70.9 Å². The number of pyridine rings is 1. The van der Waals surface area contributed by atoms with Gasteiger partial charge in [0.2, 0.25) is 0 Å². The minimum Gasteiger partial charge on any atom is -0.463 e. The summed E-state index contributed by atoms with van der Waals surface area (Å²) < 4.78 is 64.1. The Morgan fingerprint density at radius 1 is 1.20 bits per heavy atom. The third-order valence-electron chi connectivity index (χ3n) is 7.39. The third kappa shape index (κ3) is 5.75. The Kier molecular flexibility index (Phi) is 7.25. The number of fused-ring (bicyclic) bond motifs is 1. The minimum atomic E-state index is -4.89. The lowest BCUT2D eigenvalue weighted by molar-refractivity contribution is -0.137. The third-order valence-corrected chi connectivity index (χ3v) is 7.68. The summed E-state index contributed by atoms with van der Waals surface area (Å²) in [6.07, 6.45) is -0.499. The van der Waals surface area contributed by atoms with Crippen molar-refractivity contribution in [3.8, 4) is 17.3 Å². The van der Waals surface area contributed by atoms with E-state index in [0.29, 0.717) is 26.0 Å². The molecule has 5 rings (SSSR count). The molecule has 1 aliphatic carbocycles. The highest BCUT2D eigenvalue weighted by molar-refractivity contribution is 6.32. The van der Waals surface area contributed by atoms with Crippen LogP contribution in [0, 0.1) is 11.2 Å². The van der Waals surface area contributed by atoms with Gasteiger partial charge < -0.3 is 25.4 Å². The van der Waals surface area contributed by atoms with Crippen molar-refractivity contribution in [2.24, 2.45) is 5.41 Å². The van der Waals surface area contributed by atoms with E-state index in [1.165, 1.54) is 6.20 Å². The Bertz CT molecular complexity index is 1450. The van der Waals surface area contributed by atoms with Crippen molar-refractivity contribution >= 4 is 34.0 Å². The largest absolute Gasteiger partial charge is 0.463 e. The Hall–Kier alpha value is -2.96. The van der Waals surface area contributed by atoms with Crippen molar-refractivity contribution < 1.29 is 27.4 Å². The monoisotopic (exact) mass is 582 g/mol. The van der Waals surface area contributed by atoms with Crippen molar-refractivity contribution in [1.29, 1.82) is 0 Å². The number of rotatable bonds is 7. The van der Waals surface area contributed by atoms with Gasteiger partial charge in [-0.1, -0.05) is 11.6 Å². The molecule has 1 aliphatic heterocycles. The number of β-amino-alcohol motifs (C(OH)–C–C–N with tert-alkyl or cyclic N) is 1. The summed E-state index contributed by atoms with van der Waals surface area (Å²) in [5.74, 6) is -0.798. The molecule has 1 saturated carbocycles. The van der Waals surface area contributed by atoms with Crippen molar-refractivity contribution in [3.05, 3.63) is 34.7 Å². The van der Waals surface area contributed by atoms with Crippen LogP contribution in [0.15, 0.2) is 18.3 Å². The molecule has 2 aromatic heterocycles. The van der Waals surface area contributed by atoms with Crippen LogP contribution in [0.1, 0.15) is 38.2 Å². The topological polar surface area (TPSA) is 101 Å². The van der Waals surface area contributed by atoms with Gasteiger partial charge in [0.05, 0.1) is 28.2 Å². The molecule has 0 spiro atoms. The first-order valence-electron chi connectivity index (χ1n) is 13.0. The van der Waals surface area contributed by atoms with Crippen LogP contribution in [0.3, 0.4) is 0 Å². The number of aromatic nitrogens is 3. The summed E-state index contributed by atoms with van der Waals surface area (Å²) in [7, 11) is 3.93. The molecule has 1 saturated heterocycles. The molecule has 1 atom stereocenters. The summed E-state index contributed by atoms with van der Waals surface area (Å²) in [5, 5.41) is 10.2. The van der Waals surface area contributed by atoms with Crippen molar-refractivity contribution in [2.75, 3.05) is 51.0 Å². The van der Waals surface area contributed by atoms with Crippen molar-refractivity contribution in [2.45, 2.75) is 44.4 Å². The van der Waals surface area contributed by atoms with E-state index in [0.717, 1.165) is 31.5 Å². The number of aliphatic hydroxyl groups is 1. The maximum Gasteiger partial charge on any atom is 0.418 e. The maximum absolute atomic E-state index is 16.2. The minimum absolute atomic E-state index is 0.0708. The molecule has 8 nitrogen and oxygen atoms in total. The number of hydrogen-bond acceptors (Lipinski definition) is 8. The molecule has 0 unspecified atom stereocenters. The summed E-state index contributed by atoms with van der Waals surface area (Å²) in [6.45, 7) is 3.54. The van der Waals surface area contributed by atoms with Crippen LogP contribution >= 0.6 is 11.6 Å². The summed E-state index contributed by atoms with van der Waals surface area (Å²) in [4.78, 5) is 16.8. The molecule has 3 heterocycles. The number of nitrogens with zero attached hydrogens (tertiary/aromatic N) is 5. The second-order valence-electron chi connectivity index (χ2n) is 11.5. The average Bonchev–Trinajstić information content (AvgIpc) is 3.59. The predicted octanol–water partition coefficient (Wildman–Crippen LogP) is 5.16. The van der Waals surface area contributed by atoms with Gasteiger partial charge in [0.25, 0.3) is 0 Å². The smallest absolute Gasteiger partial charge is 0.418 e. The first-order chi connectivity index (χ1) is 18.7. The number of piperidine rings is 1. The lowest BCUT2D eigenvalue weighted by Crippen LogP contribution is -2.46. The lowest BCUT2D eigenvalue weighted by Gasteiger charge is -2.37. The molecule has 1 aromatic carbocycles. The number of hydrogen-bond donors (Lipinski definition) is 2. The normalized spacial score (nSPS) is 20.8. The number of ether oxygens (including phenoxy) is 1. The number of benzene rings is 1. The number of nitrogens with two attached hydrogens (primary N) is 1. The Balaban J connectivity index is 1.65. The second-order valence-corrected chi connectivity index (χ2v) is 11.9. The highest BCUT2D eigenvalue weighted by Gasteiger charge is 2.44. The van der Waals surface area contributed by atoms with Gasteiger partial charge in [0.1, 0.15) is 17.0 Å². The maximum atomic E-state index is 16.2. The van der Waals surface area contributed by atoms with E-state index in [9.17, 15) is 18.3 Å². The molecule has 3 N–H and O–H groups in total. The van der Waals surface area contributed by atoms with Crippen LogP contribution in [0.4, 0.5) is 29.1 Å². The number of halogens is 5. The SMILES string of the molecule is CN(C)CC1(COc2nc(N3CCC[C@@](C)(O)C3)c3cnc(-c4cc(N)cc(Cl)c4C(F)(F)F)c(F)c3n2)CC1. The quantitative estimate of drug-likeness (QED) is 0.291. The van der Waals surface area contributed by atoms with Crippen molar-refractivity contribution in [3.63, 3.8) is 0 Å². The second kappa shape index (κ2) is 10.1.